The number of carbonyl (C=O) groups is 1. The number of hydrogen-bond acceptors (Lipinski definition) is 4. The van der Waals surface area contributed by atoms with Crippen molar-refractivity contribution in [1.82, 2.24) is 14.9 Å². The number of hydrogen-bond donors (Lipinski definition) is 0. The monoisotopic (exact) mass is 424 g/mol. The van der Waals surface area contributed by atoms with Gasteiger partial charge in [-0.15, -0.1) is 0 Å². The number of rotatable bonds is 3. The van der Waals surface area contributed by atoms with Crippen LogP contribution in [0.5, 0.6) is 0 Å². The molecular formula is C21H21BrN4O. The minimum absolute atomic E-state index is 0.195. The van der Waals surface area contributed by atoms with E-state index in [0.29, 0.717) is 6.42 Å². The highest BCUT2D eigenvalue weighted by Crippen LogP contribution is 2.26. The van der Waals surface area contributed by atoms with Crippen LogP contribution < -0.4 is 4.90 Å². The van der Waals surface area contributed by atoms with Gasteiger partial charge in [0, 0.05) is 43.0 Å². The number of piperazine rings is 1. The van der Waals surface area contributed by atoms with Gasteiger partial charge in [0.25, 0.3) is 0 Å². The van der Waals surface area contributed by atoms with Gasteiger partial charge in [0.1, 0.15) is 5.52 Å². The summed E-state index contributed by atoms with van der Waals surface area (Å²) in [6, 6.07) is 12.2. The first kappa shape index (κ1) is 17.9. The number of benzene rings is 1. The van der Waals surface area contributed by atoms with Crippen molar-refractivity contribution in [3.63, 3.8) is 0 Å². The minimum Gasteiger partial charge on any atom is -0.366 e. The highest BCUT2D eigenvalue weighted by atomic mass is 79.9. The van der Waals surface area contributed by atoms with Gasteiger partial charge in [0.15, 0.2) is 0 Å². The molecule has 0 bridgehead atoms. The number of pyridine rings is 2. The van der Waals surface area contributed by atoms with Gasteiger partial charge < -0.3 is 9.80 Å². The van der Waals surface area contributed by atoms with Crippen LogP contribution in [0.15, 0.2) is 53.3 Å². The molecule has 3 aromatic rings. The molecule has 0 atom stereocenters. The Morgan fingerprint density at radius 3 is 2.56 bits per heavy atom. The summed E-state index contributed by atoms with van der Waals surface area (Å²) in [7, 11) is 0. The quantitative estimate of drug-likeness (QED) is 0.644. The maximum absolute atomic E-state index is 12.6. The summed E-state index contributed by atoms with van der Waals surface area (Å²) in [5, 5.41) is 0. The lowest BCUT2D eigenvalue weighted by molar-refractivity contribution is -0.130. The van der Waals surface area contributed by atoms with Crippen LogP contribution >= 0.6 is 15.9 Å². The number of aryl methyl sites for hydroxylation is 1. The molecule has 0 aliphatic carbocycles. The normalized spacial score (nSPS) is 14.6. The van der Waals surface area contributed by atoms with E-state index in [1.54, 1.807) is 6.20 Å². The lowest BCUT2D eigenvalue weighted by atomic mass is 10.1. The minimum atomic E-state index is 0.195. The molecule has 0 radical (unpaired) electrons. The molecule has 1 aromatic carbocycles. The Balaban J connectivity index is 1.43. The Labute approximate surface area is 167 Å². The van der Waals surface area contributed by atoms with Crippen LogP contribution in [0.3, 0.4) is 0 Å². The molecule has 0 saturated carbocycles. The van der Waals surface area contributed by atoms with Crippen molar-refractivity contribution in [2.45, 2.75) is 13.3 Å². The molecule has 27 heavy (non-hydrogen) atoms. The van der Waals surface area contributed by atoms with Gasteiger partial charge in [-0.25, -0.2) is 0 Å². The number of nitrogens with zero attached hydrogens (tertiary/aromatic N) is 4. The van der Waals surface area contributed by atoms with E-state index in [9.17, 15) is 4.79 Å². The van der Waals surface area contributed by atoms with E-state index in [1.807, 2.05) is 35.4 Å². The molecule has 6 heteroatoms. The first-order valence-electron chi connectivity index (χ1n) is 9.09. The molecule has 138 valence electrons. The summed E-state index contributed by atoms with van der Waals surface area (Å²) in [4.78, 5) is 25.8. The lowest BCUT2D eigenvalue weighted by Crippen LogP contribution is -2.49. The molecule has 5 nitrogen and oxygen atoms in total. The van der Waals surface area contributed by atoms with E-state index in [1.165, 1.54) is 5.56 Å². The molecule has 1 saturated heterocycles. The van der Waals surface area contributed by atoms with Crippen LogP contribution in [0.4, 0.5) is 5.69 Å². The topological polar surface area (TPSA) is 49.3 Å². The first-order valence-corrected chi connectivity index (χ1v) is 9.88. The zero-order valence-electron chi connectivity index (χ0n) is 15.2. The standard InChI is InChI=1S/C21H21BrN4O/c1-15-2-4-16(5-3-15)12-20(27)26-10-8-25(9-11-26)19-6-7-23-18-13-17(22)14-24-21(18)19/h2-7,13-14H,8-12H2,1H3. The Hall–Kier alpha value is -2.47. The number of fused-ring (bicyclic) bond motifs is 1. The van der Waals surface area contributed by atoms with Crippen LogP contribution in [-0.2, 0) is 11.2 Å². The Bertz CT molecular complexity index is 966. The van der Waals surface area contributed by atoms with E-state index >= 15 is 0 Å². The van der Waals surface area contributed by atoms with Gasteiger partial charge in [0.05, 0.1) is 17.6 Å². The van der Waals surface area contributed by atoms with Crippen molar-refractivity contribution in [1.29, 1.82) is 0 Å². The summed E-state index contributed by atoms with van der Waals surface area (Å²) in [5.41, 5.74) is 5.14. The third-order valence-electron chi connectivity index (χ3n) is 4.97. The highest BCUT2D eigenvalue weighted by Gasteiger charge is 2.22. The molecule has 2 aromatic heterocycles. The van der Waals surface area contributed by atoms with Crippen molar-refractivity contribution < 1.29 is 4.79 Å². The summed E-state index contributed by atoms with van der Waals surface area (Å²) in [6.45, 7) is 5.12. The van der Waals surface area contributed by atoms with Crippen LogP contribution in [0.1, 0.15) is 11.1 Å². The molecular weight excluding hydrogens is 404 g/mol. The second-order valence-electron chi connectivity index (χ2n) is 6.88. The number of halogens is 1. The Kier molecular flexibility index (Phi) is 5.07. The number of carbonyl (C=O) groups excluding carboxylic acids is 1. The molecule has 4 rings (SSSR count). The third kappa shape index (κ3) is 3.95. The largest absolute Gasteiger partial charge is 0.366 e. The molecule has 1 fully saturated rings. The van der Waals surface area contributed by atoms with Gasteiger partial charge in [-0.2, -0.15) is 0 Å². The highest BCUT2D eigenvalue weighted by molar-refractivity contribution is 9.10. The molecule has 0 N–H and O–H groups in total. The molecule has 0 spiro atoms. The number of aromatic nitrogens is 2. The SMILES string of the molecule is Cc1ccc(CC(=O)N2CCN(c3ccnc4cc(Br)cnc34)CC2)cc1. The molecule has 0 unspecified atom stereocenters. The van der Waals surface area contributed by atoms with Crippen LogP contribution in [0, 0.1) is 6.92 Å². The van der Waals surface area contributed by atoms with Crippen molar-refractivity contribution in [2.24, 2.45) is 0 Å². The predicted octanol–water partition coefficient (Wildman–Crippen LogP) is 3.59. The van der Waals surface area contributed by atoms with Gasteiger partial charge >= 0.3 is 0 Å². The fourth-order valence-electron chi connectivity index (χ4n) is 3.44. The van der Waals surface area contributed by atoms with E-state index in [0.717, 1.165) is 52.9 Å². The van der Waals surface area contributed by atoms with Crippen LogP contribution in [0.2, 0.25) is 0 Å². The van der Waals surface area contributed by atoms with Crippen molar-refractivity contribution in [3.8, 4) is 0 Å². The second kappa shape index (κ2) is 7.64. The smallest absolute Gasteiger partial charge is 0.227 e. The average Bonchev–Trinajstić information content (AvgIpc) is 2.69. The van der Waals surface area contributed by atoms with Gasteiger partial charge in [-0.05, 0) is 40.5 Å². The summed E-state index contributed by atoms with van der Waals surface area (Å²) >= 11 is 3.45. The molecule has 1 amide bonds. The fraction of sp³-hybridized carbons (Fsp3) is 0.286. The van der Waals surface area contributed by atoms with E-state index in [2.05, 4.69) is 49.9 Å². The van der Waals surface area contributed by atoms with Crippen molar-refractivity contribution in [2.75, 3.05) is 31.1 Å². The Morgan fingerprint density at radius 2 is 1.81 bits per heavy atom. The van der Waals surface area contributed by atoms with Crippen molar-refractivity contribution in [3.05, 3.63) is 64.4 Å². The Morgan fingerprint density at radius 1 is 1.07 bits per heavy atom. The average molecular weight is 425 g/mol. The fourth-order valence-corrected chi connectivity index (χ4v) is 3.75. The third-order valence-corrected chi connectivity index (χ3v) is 5.41. The predicted molar refractivity (Wildman–Crippen MR) is 111 cm³/mol. The number of amides is 1. The van der Waals surface area contributed by atoms with Crippen LogP contribution in [-0.4, -0.2) is 47.0 Å². The molecule has 1 aliphatic heterocycles. The maximum atomic E-state index is 12.6. The maximum Gasteiger partial charge on any atom is 0.227 e. The molecule has 3 heterocycles. The van der Waals surface area contributed by atoms with Crippen molar-refractivity contribution >= 4 is 38.6 Å². The van der Waals surface area contributed by atoms with E-state index < -0.39 is 0 Å². The van der Waals surface area contributed by atoms with Gasteiger partial charge in [-0.1, -0.05) is 29.8 Å². The van der Waals surface area contributed by atoms with Gasteiger partial charge in [-0.3, -0.25) is 14.8 Å². The van der Waals surface area contributed by atoms with Gasteiger partial charge in [0.2, 0.25) is 5.91 Å². The summed E-state index contributed by atoms with van der Waals surface area (Å²) in [5.74, 6) is 0.195. The lowest BCUT2D eigenvalue weighted by Gasteiger charge is -2.36. The first-order chi connectivity index (χ1) is 13.1. The second-order valence-corrected chi connectivity index (χ2v) is 7.80. The van der Waals surface area contributed by atoms with E-state index in [-0.39, 0.29) is 5.91 Å². The van der Waals surface area contributed by atoms with E-state index in [4.69, 9.17) is 0 Å². The zero-order valence-corrected chi connectivity index (χ0v) is 16.8. The molecule has 1 aliphatic rings. The van der Waals surface area contributed by atoms with Crippen LogP contribution in [0.25, 0.3) is 11.0 Å². The summed E-state index contributed by atoms with van der Waals surface area (Å²) in [6.07, 6.45) is 4.09. The summed E-state index contributed by atoms with van der Waals surface area (Å²) < 4.78 is 0.922. The number of anilines is 1. The zero-order chi connectivity index (χ0) is 18.8.